The van der Waals surface area contributed by atoms with Crippen molar-refractivity contribution in [2.75, 3.05) is 13.2 Å². The molecule has 2 N–H and O–H groups in total. The molecule has 0 bridgehead atoms. The molecule has 0 unspecified atom stereocenters. The molecule has 0 radical (unpaired) electrons. The molecule has 0 amide bonds. The van der Waals surface area contributed by atoms with E-state index in [0.717, 1.165) is 25.3 Å². The fourth-order valence-electron chi connectivity index (χ4n) is 2.96. The van der Waals surface area contributed by atoms with Gasteiger partial charge in [-0.05, 0) is 38.5 Å². The van der Waals surface area contributed by atoms with E-state index in [0.29, 0.717) is 12.6 Å². The van der Waals surface area contributed by atoms with Gasteiger partial charge in [0.1, 0.15) is 0 Å². The van der Waals surface area contributed by atoms with E-state index in [-0.39, 0.29) is 5.41 Å². The van der Waals surface area contributed by atoms with Crippen molar-refractivity contribution in [1.29, 1.82) is 0 Å². The van der Waals surface area contributed by atoms with Gasteiger partial charge in [0.05, 0.1) is 0 Å². The molecular weight excluding hydrogens is 210 g/mol. The van der Waals surface area contributed by atoms with Crippen molar-refractivity contribution < 1.29 is 5.11 Å². The second-order valence-corrected chi connectivity index (χ2v) is 5.93. The minimum absolute atomic E-state index is 0.100. The van der Waals surface area contributed by atoms with Gasteiger partial charge in [-0.15, -0.1) is 0 Å². The van der Waals surface area contributed by atoms with Crippen LogP contribution in [0, 0.1) is 11.3 Å². The first-order valence-corrected chi connectivity index (χ1v) is 7.51. The quantitative estimate of drug-likeness (QED) is 0.716. The molecule has 17 heavy (non-hydrogen) atoms. The van der Waals surface area contributed by atoms with Crippen LogP contribution in [0.15, 0.2) is 0 Å². The highest BCUT2D eigenvalue weighted by molar-refractivity contribution is 4.82. The topological polar surface area (TPSA) is 32.3 Å². The molecule has 1 fully saturated rings. The van der Waals surface area contributed by atoms with Crippen molar-refractivity contribution in [3.63, 3.8) is 0 Å². The molecule has 2 nitrogen and oxygen atoms in total. The molecule has 1 atom stereocenters. The maximum Gasteiger partial charge on any atom is 0.0499 e. The highest BCUT2D eigenvalue weighted by atomic mass is 16.3. The Balaban J connectivity index is 2.37. The third-order valence-corrected chi connectivity index (χ3v) is 4.99. The molecule has 0 aromatic heterocycles. The van der Waals surface area contributed by atoms with Crippen molar-refractivity contribution >= 4 is 0 Å². The van der Waals surface area contributed by atoms with Crippen LogP contribution >= 0.6 is 0 Å². The first-order chi connectivity index (χ1) is 8.17. The highest BCUT2D eigenvalue weighted by Crippen LogP contribution is 2.28. The smallest absolute Gasteiger partial charge is 0.0499 e. The van der Waals surface area contributed by atoms with Gasteiger partial charge in [0, 0.05) is 24.6 Å². The number of hydrogen-bond acceptors (Lipinski definition) is 2. The Morgan fingerprint density at radius 2 is 1.76 bits per heavy atom. The summed E-state index contributed by atoms with van der Waals surface area (Å²) in [4.78, 5) is 0. The second-order valence-electron chi connectivity index (χ2n) is 5.93. The molecule has 0 aliphatic heterocycles. The van der Waals surface area contributed by atoms with Gasteiger partial charge in [0.25, 0.3) is 0 Å². The number of aliphatic hydroxyl groups is 1. The SMILES string of the molecule is CCC(CC)(CO)CN[C@H](C)C1CCCCC1. The average molecular weight is 241 g/mol. The third kappa shape index (κ3) is 4.26. The Kier molecular flexibility index (Phi) is 6.50. The zero-order chi connectivity index (χ0) is 12.7. The van der Waals surface area contributed by atoms with Crippen molar-refractivity contribution in [2.24, 2.45) is 11.3 Å². The lowest BCUT2D eigenvalue weighted by Crippen LogP contribution is -2.43. The normalized spacial score (nSPS) is 20.5. The third-order valence-electron chi connectivity index (χ3n) is 4.99. The standard InChI is InChI=1S/C15H31NO/c1-4-15(5-2,12-17)11-16-13(3)14-9-7-6-8-10-14/h13-14,16-17H,4-12H2,1-3H3/t13-/m1/s1. The van der Waals surface area contributed by atoms with Crippen LogP contribution in [-0.4, -0.2) is 24.3 Å². The van der Waals surface area contributed by atoms with Gasteiger partial charge in [0.15, 0.2) is 0 Å². The van der Waals surface area contributed by atoms with Crippen LogP contribution in [-0.2, 0) is 0 Å². The summed E-state index contributed by atoms with van der Waals surface area (Å²) in [5, 5.41) is 13.2. The Labute approximate surface area is 107 Å². The first-order valence-electron chi connectivity index (χ1n) is 7.51. The molecule has 1 aliphatic carbocycles. The molecular formula is C15H31NO. The molecule has 0 aromatic carbocycles. The second kappa shape index (κ2) is 7.38. The van der Waals surface area contributed by atoms with Crippen LogP contribution in [0.4, 0.5) is 0 Å². The van der Waals surface area contributed by atoms with Crippen LogP contribution in [0.25, 0.3) is 0 Å². The van der Waals surface area contributed by atoms with E-state index in [1.807, 2.05) is 0 Å². The maximum atomic E-state index is 9.56. The molecule has 0 spiro atoms. The summed E-state index contributed by atoms with van der Waals surface area (Å²) in [6, 6.07) is 0.610. The average Bonchev–Trinajstić information content (AvgIpc) is 2.41. The highest BCUT2D eigenvalue weighted by Gasteiger charge is 2.27. The van der Waals surface area contributed by atoms with Gasteiger partial charge >= 0.3 is 0 Å². The number of hydrogen-bond donors (Lipinski definition) is 2. The summed E-state index contributed by atoms with van der Waals surface area (Å²) in [7, 11) is 0. The number of rotatable bonds is 7. The zero-order valence-corrected chi connectivity index (χ0v) is 12.0. The van der Waals surface area contributed by atoms with E-state index in [1.165, 1.54) is 32.1 Å². The summed E-state index contributed by atoms with van der Waals surface area (Å²) in [5.41, 5.74) is 0.100. The van der Waals surface area contributed by atoms with Gasteiger partial charge in [-0.25, -0.2) is 0 Å². The van der Waals surface area contributed by atoms with Crippen molar-refractivity contribution in [2.45, 2.75) is 71.8 Å². The fraction of sp³-hybridized carbons (Fsp3) is 1.00. The summed E-state index contributed by atoms with van der Waals surface area (Å²) in [6.07, 6.45) is 9.13. The minimum Gasteiger partial charge on any atom is -0.396 e. The van der Waals surface area contributed by atoms with Crippen LogP contribution in [0.3, 0.4) is 0 Å². The van der Waals surface area contributed by atoms with Crippen LogP contribution in [0.2, 0.25) is 0 Å². The summed E-state index contributed by atoms with van der Waals surface area (Å²) in [6.45, 7) is 7.97. The molecule has 0 heterocycles. The Hall–Kier alpha value is -0.0800. The molecule has 2 heteroatoms. The van der Waals surface area contributed by atoms with Crippen LogP contribution in [0.5, 0.6) is 0 Å². The molecule has 1 rings (SSSR count). The van der Waals surface area contributed by atoms with Crippen LogP contribution in [0.1, 0.15) is 65.7 Å². The largest absolute Gasteiger partial charge is 0.396 e. The lowest BCUT2D eigenvalue weighted by molar-refractivity contribution is 0.105. The molecule has 102 valence electrons. The van der Waals surface area contributed by atoms with Crippen LogP contribution < -0.4 is 5.32 Å². The number of nitrogens with one attached hydrogen (secondary N) is 1. The Morgan fingerprint density at radius 1 is 1.18 bits per heavy atom. The van der Waals surface area contributed by atoms with Gasteiger partial charge in [-0.3, -0.25) is 0 Å². The fourth-order valence-corrected chi connectivity index (χ4v) is 2.96. The van der Waals surface area contributed by atoms with E-state index >= 15 is 0 Å². The molecule has 0 saturated heterocycles. The van der Waals surface area contributed by atoms with Crippen molar-refractivity contribution in [1.82, 2.24) is 5.32 Å². The van der Waals surface area contributed by atoms with E-state index in [2.05, 4.69) is 26.1 Å². The lowest BCUT2D eigenvalue weighted by Gasteiger charge is -2.34. The first kappa shape index (κ1) is 15.0. The van der Waals surface area contributed by atoms with E-state index < -0.39 is 0 Å². The number of aliphatic hydroxyl groups excluding tert-OH is 1. The molecule has 1 aliphatic rings. The van der Waals surface area contributed by atoms with E-state index in [1.54, 1.807) is 0 Å². The van der Waals surface area contributed by atoms with Gasteiger partial charge < -0.3 is 10.4 Å². The van der Waals surface area contributed by atoms with Gasteiger partial charge in [0.2, 0.25) is 0 Å². The molecule has 0 aromatic rings. The monoisotopic (exact) mass is 241 g/mol. The van der Waals surface area contributed by atoms with Gasteiger partial charge in [-0.2, -0.15) is 0 Å². The van der Waals surface area contributed by atoms with Crippen molar-refractivity contribution in [3.8, 4) is 0 Å². The summed E-state index contributed by atoms with van der Waals surface area (Å²) >= 11 is 0. The summed E-state index contributed by atoms with van der Waals surface area (Å²) in [5.74, 6) is 0.855. The van der Waals surface area contributed by atoms with Crippen molar-refractivity contribution in [3.05, 3.63) is 0 Å². The maximum absolute atomic E-state index is 9.56. The lowest BCUT2D eigenvalue weighted by atomic mass is 9.81. The predicted molar refractivity (Wildman–Crippen MR) is 74.1 cm³/mol. The Bertz CT molecular complexity index is 187. The molecule has 1 saturated carbocycles. The summed E-state index contributed by atoms with van der Waals surface area (Å²) < 4.78 is 0. The zero-order valence-electron chi connectivity index (χ0n) is 12.0. The predicted octanol–water partition coefficient (Wildman–Crippen LogP) is 3.34. The minimum atomic E-state index is 0.100. The Morgan fingerprint density at radius 3 is 2.24 bits per heavy atom. The van der Waals surface area contributed by atoms with E-state index in [9.17, 15) is 5.11 Å². The van der Waals surface area contributed by atoms with E-state index in [4.69, 9.17) is 0 Å². The van der Waals surface area contributed by atoms with Gasteiger partial charge in [-0.1, -0.05) is 33.1 Å².